The lowest BCUT2D eigenvalue weighted by molar-refractivity contribution is -0.125. The highest BCUT2D eigenvalue weighted by Gasteiger charge is 2.37. The number of benzene rings is 1. The Hall–Kier alpha value is -1.93. The molecule has 0 radical (unpaired) electrons. The first kappa shape index (κ1) is 23.2. The quantitative estimate of drug-likeness (QED) is 0.659. The molecule has 2 saturated carbocycles. The first-order valence-electron chi connectivity index (χ1n) is 12.0. The number of sulfonamides is 1. The van der Waals surface area contributed by atoms with Gasteiger partial charge in [-0.2, -0.15) is 4.31 Å². The van der Waals surface area contributed by atoms with Crippen molar-refractivity contribution in [1.29, 1.82) is 0 Å². The summed E-state index contributed by atoms with van der Waals surface area (Å²) in [7, 11) is -2.35. The van der Waals surface area contributed by atoms with E-state index in [0.717, 1.165) is 60.5 Å². The lowest BCUT2D eigenvalue weighted by Crippen LogP contribution is -2.42. The number of hydrogen-bond acceptors (Lipinski definition) is 4. The van der Waals surface area contributed by atoms with Gasteiger partial charge in [0.1, 0.15) is 0 Å². The number of amides is 2. The number of anilines is 1. The van der Waals surface area contributed by atoms with E-state index >= 15 is 0 Å². The van der Waals surface area contributed by atoms with Gasteiger partial charge in [0.2, 0.25) is 21.8 Å². The van der Waals surface area contributed by atoms with Gasteiger partial charge in [0, 0.05) is 30.7 Å². The van der Waals surface area contributed by atoms with Crippen molar-refractivity contribution in [2.24, 2.45) is 5.92 Å². The number of fused-ring (bicyclic) bond motifs is 1. The summed E-state index contributed by atoms with van der Waals surface area (Å²) >= 11 is 0. The lowest BCUT2D eigenvalue weighted by Gasteiger charge is -2.32. The van der Waals surface area contributed by atoms with Crippen LogP contribution in [-0.2, 0) is 26.0 Å². The van der Waals surface area contributed by atoms with E-state index in [1.807, 2.05) is 11.8 Å². The van der Waals surface area contributed by atoms with Gasteiger partial charge >= 0.3 is 0 Å². The van der Waals surface area contributed by atoms with E-state index in [2.05, 4.69) is 5.32 Å². The number of nitrogens with zero attached hydrogens (tertiary/aromatic N) is 2. The summed E-state index contributed by atoms with van der Waals surface area (Å²) < 4.78 is 27.4. The molecule has 1 aromatic rings. The fraction of sp³-hybridized carbons (Fsp3) is 0.667. The Bertz CT molecular complexity index is 965. The average molecular weight is 462 g/mol. The molecule has 3 aliphatic rings. The Kier molecular flexibility index (Phi) is 6.91. The topological polar surface area (TPSA) is 86.8 Å². The minimum atomic E-state index is -3.80. The van der Waals surface area contributed by atoms with Gasteiger partial charge in [-0.25, -0.2) is 8.42 Å². The van der Waals surface area contributed by atoms with Crippen molar-refractivity contribution >= 4 is 27.5 Å². The maximum Gasteiger partial charge on any atom is 0.243 e. The van der Waals surface area contributed by atoms with Crippen molar-refractivity contribution in [2.45, 2.75) is 88.1 Å². The summed E-state index contributed by atoms with van der Waals surface area (Å²) in [6, 6.07) is 5.16. The van der Waals surface area contributed by atoms with Crippen LogP contribution in [0.5, 0.6) is 0 Å². The van der Waals surface area contributed by atoms with Crippen molar-refractivity contribution in [3.63, 3.8) is 0 Å². The molecule has 0 spiro atoms. The molecule has 0 saturated heterocycles. The van der Waals surface area contributed by atoms with Crippen LogP contribution in [0.2, 0.25) is 0 Å². The smallest absolute Gasteiger partial charge is 0.243 e. The third-order valence-electron chi connectivity index (χ3n) is 7.25. The van der Waals surface area contributed by atoms with Crippen LogP contribution in [-0.4, -0.2) is 50.2 Å². The predicted octanol–water partition coefficient (Wildman–Crippen LogP) is 3.22. The summed E-state index contributed by atoms with van der Waals surface area (Å²) in [6.45, 7) is 1.81. The van der Waals surface area contributed by atoms with Crippen LogP contribution in [0.15, 0.2) is 23.1 Å². The molecule has 7 nitrogen and oxygen atoms in total. The van der Waals surface area contributed by atoms with E-state index in [4.69, 9.17) is 0 Å². The van der Waals surface area contributed by atoms with Crippen molar-refractivity contribution in [3.8, 4) is 0 Å². The van der Waals surface area contributed by atoms with E-state index in [1.165, 1.54) is 19.9 Å². The second-order valence-electron chi connectivity index (χ2n) is 9.70. The van der Waals surface area contributed by atoms with E-state index in [1.54, 1.807) is 18.2 Å². The number of carbonyl (C=O) groups excluding carboxylic acids is 2. The fourth-order valence-corrected chi connectivity index (χ4v) is 6.30. The van der Waals surface area contributed by atoms with Gasteiger partial charge in [-0.05, 0) is 62.8 Å². The van der Waals surface area contributed by atoms with E-state index in [0.29, 0.717) is 6.42 Å². The molecule has 8 heteroatoms. The molecule has 1 heterocycles. The fourth-order valence-electron chi connectivity index (χ4n) is 5.12. The zero-order valence-electron chi connectivity index (χ0n) is 19.2. The Morgan fingerprint density at radius 2 is 1.75 bits per heavy atom. The highest BCUT2D eigenvalue weighted by Crippen LogP contribution is 2.38. The lowest BCUT2D eigenvalue weighted by atomic mass is 9.84. The summed E-state index contributed by atoms with van der Waals surface area (Å²) in [5.74, 6) is 0.00496. The van der Waals surface area contributed by atoms with Gasteiger partial charge in [-0.3, -0.25) is 9.59 Å². The number of likely N-dealkylation sites (N-methyl/N-ethyl adjacent to an activating group) is 1. The van der Waals surface area contributed by atoms with Crippen molar-refractivity contribution in [2.75, 3.05) is 18.5 Å². The van der Waals surface area contributed by atoms with Gasteiger partial charge < -0.3 is 10.2 Å². The highest BCUT2D eigenvalue weighted by molar-refractivity contribution is 7.89. The van der Waals surface area contributed by atoms with E-state index in [9.17, 15) is 18.0 Å². The molecule has 0 aromatic heterocycles. The van der Waals surface area contributed by atoms with E-state index < -0.39 is 10.0 Å². The van der Waals surface area contributed by atoms with Crippen LogP contribution >= 0.6 is 0 Å². The van der Waals surface area contributed by atoms with Gasteiger partial charge in [0.25, 0.3) is 0 Å². The Morgan fingerprint density at radius 3 is 2.38 bits per heavy atom. The number of nitrogens with one attached hydrogen (secondary N) is 1. The maximum atomic E-state index is 13.1. The molecular weight excluding hydrogens is 426 g/mol. The first-order chi connectivity index (χ1) is 15.3. The monoisotopic (exact) mass is 461 g/mol. The minimum absolute atomic E-state index is 0.0270. The molecule has 0 bridgehead atoms. The van der Waals surface area contributed by atoms with Gasteiger partial charge in [0.15, 0.2) is 0 Å². The molecule has 1 atom stereocenters. The summed E-state index contributed by atoms with van der Waals surface area (Å²) in [5.41, 5.74) is 1.70. The predicted molar refractivity (Wildman–Crippen MR) is 124 cm³/mol. The van der Waals surface area contributed by atoms with Crippen LogP contribution in [0.3, 0.4) is 0 Å². The molecule has 4 rings (SSSR count). The van der Waals surface area contributed by atoms with Crippen molar-refractivity contribution in [1.82, 2.24) is 9.62 Å². The molecular formula is C24H35N3O4S. The van der Waals surface area contributed by atoms with Gasteiger partial charge in [-0.1, -0.05) is 32.1 Å². The van der Waals surface area contributed by atoms with Gasteiger partial charge in [0.05, 0.1) is 11.4 Å². The molecule has 2 amide bonds. The molecule has 176 valence electrons. The molecule has 1 aliphatic heterocycles. The summed E-state index contributed by atoms with van der Waals surface area (Å²) in [5, 5.41) is 3.01. The number of rotatable bonds is 6. The third-order valence-corrected chi connectivity index (χ3v) is 9.05. The minimum Gasteiger partial charge on any atom is -0.352 e. The van der Waals surface area contributed by atoms with Gasteiger partial charge in [-0.15, -0.1) is 0 Å². The average Bonchev–Trinajstić information content (AvgIpc) is 2.84. The van der Waals surface area contributed by atoms with E-state index in [-0.39, 0.29) is 41.3 Å². The maximum absolute atomic E-state index is 13.1. The number of hydrogen-bond donors (Lipinski definition) is 1. The van der Waals surface area contributed by atoms with Crippen LogP contribution in [0.25, 0.3) is 0 Å². The summed E-state index contributed by atoms with van der Waals surface area (Å²) in [4.78, 5) is 27.4. The highest BCUT2D eigenvalue weighted by atomic mass is 32.2. The number of carbonyl (C=O) groups is 2. The SMILES string of the molecule is C[C@@H]1Cc2cc(S(=O)(=O)N(C)CC(=O)NC3CCCCCC3)ccc2N1C(=O)C1CCC1. The molecule has 32 heavy (non-hydrogen) atoms. The second kappa shape index (κ2) is 9.51. The largest absolute Gasteiger partial charge is 0.352 e. The van der Waals surface area contributed by atoms with Crippen LogP contribution in [0.4, 0.5) is 5.69 Å². The normalized spacial score (nSPS) is 22.3. The second-order valence-corrected chi connectivity index (χ2v) is 11.7. The van der Waals surface area contributed by atoms with Crippen LogP contribution < -0.4 is 10.2 Å². The molecule has 2 fully saturated rings. The van der Waals surface area contributed by atoms with Crippen LogP contribution in [0, 0.1) is 5.92 Å². The summed E-state index contributed by atoms with van der Waals surface area (Å²) in [6.07, 6.45) is 10.1. The van der Waals surface area contributed by atoms with Crippen LogP contribution in [0.1, 0.15) is 70.3 Å². The zero-order chi connectivity index (χ0) is 22.9. The van der Waals surface area contributed by atoms with Crippen molar-refractivity contribution in [3.05, 3.63) is 23.8 Å². The van der Waals surface area contributed by atoms with Crippen molar-refractivity contribution < 1.29 is 18.0 Å². The Labute approximate surface area is 191 Å². The Morgan fingerprint density at radius 1 is 1.06 bits per heavy atom. The zero-order valence-corrected chi connectivity index (χ0v) is 20.0. The molecule has 0 unspecified atom stereocenters. The Balaban J connectivity index is 1.44. The standard InChI is InChI=1S/C24H35N3O4S/c1-17-14-19-15-21(12-13-22(19)27(17)24(29)18-8-7-9-18)32(30,31)26(2)16-23(28)25-20-10-5-3-4-6-11-20/h12-13,15,17-18,20H,3-11,14,16H2,1-2H3,(H,25,28)/t17-/m1/s1. The molecule has 1 aromatic carbocycles. The first-order valence-corrected chi connectivity index (χ1v) is 13.4. The molecule has 1 N–H and O–H groups in total. The molecule has 2 aliphatic carbocycles. The third kappa shape index (κ3) is 4.71.